The zero-order valence-corrected chi connectivity index (χ0v) is 15.4. The summed E-state index contributed by atoms with van der Waals surface area (Å²) in [4.78, 5) is 24.7. The SMILES string of the molecule is CC[C@@H](C)Oc1ccc(NC(=O)C2(OC)CCCC2)cc1C(=O)OC. The number of amides is 1. The maximum Gasteiger partial charge on any atom is 0.341 e. The molecule has 1 saturated carbocycles. The zero-order chi connectivity index (χ0) is 18.4. The molecule has 0 heterocycles. The monoisotopic (exact) mass is 349 g/mol. The smallest absolute Gasteiger partial charge is 0.341 e. The lowest BCUT2D eigenvalue weighted by Crippen LogP contribution is -2.42. The maximum absolute atomic E-state index is 12.6. The van der Waals surface area contributed by atoms with Crippen LogP contribution in [-0.4, -0.2) is 37.8 Å². The van der Waals surface area contributed by atoms with Crippen LogP contribution in [0.3, 0.4) is 0 Å². The van der Waals surface area contributed by atoms with Crippen molar-refractivity contribution >= 4 is 17.6 Å². The lowest BCUT2D eigenvalue weighted by molar-refractivity contribution is -0.137. The zero-order valence-electron chi connectivity index (χ0n) is 15.4. The third-order valence-corrected chi connectivity index (χ3v) is 4.76. The molecule has 6 nitrogen and oxygen atoms in total. The molecule has 1 aromatic rings. The van der Waals surface area contributed by atoms with Crippen molar-refractivity contribution < 1.29 is 23.8 Å². The van der Waals surface area contributed by atoms with Gasteiger partial charge in [0.25, 0.3) is 5.91 Å². The van der Waals surface area contributed by atoms with Gasteiger partial charge in [0.05, 0.1) is 13.2 Å². The van der Waals surface area contributed by atoms with E-state index >= 15 is 0 Å². The molecule has 138 valence electrons. The van der Waals surface area contributed by atoms with E-state index in [4.69, 9.17) is 14.2 Å². The van der Waals surface area contributed by atoms with Crippen molar-refractivity contribution in [2.75, 3.05) is 19.5 Å². The van der Waals surface area contributed by atoms with Gasteiger partial charge in [-0.2, -0.15) is 0 Å². The molecule has 1 aliphatic rings. The molecule has 0 aliphatic heterocycles. The molecule has 2 rings (SSSR count). The molecule has 1 aliphatic carbocycles. The summed E-state index contributed by atoms with van der Waals surface area (Å²) in [6.07, 6.45) is 4.13. The largest absolute Gasteiger partial charge is 0.490 e. The number of methoxy groups -OCH3 is 2. The number of anilines is 1. The summed E-state index contributed by atoms with van der Waals surface area (Å²) in [6, 6.07) is 4.99. The molecule has 1 N–H and O–H groups in total. The third kappa shape index (κ3) is 4.31. The predicted molar refractivity (Wildman–Crippen MR) is 95.0 cm³/mol. The number of ether oxygens (including phenoxy) is 3. The average Bonchev–Trinajstić information content (AvgIpc) is 3.12. The number of nitrogens with one attached hydrogen (secondary N) is 1. The second-order valence-electron chi connectivity index (χ2n) is 6.40. The van der Waals surface area contributed by atoms with Crippen LogP contribution in [0.1, 0.15) is 56.3 Å². The van der Waals surface area contributed by atoms with Crippen molar-refractivity contribution in [2.24, 2.45) is 0 Å². The summed E-state index contributed by atoms with van der Waals surface area (Å²) in [5.74, 6) is -0.239. The lowest BCUT2D eigenvalue weighted by Gasteiger charge is -2.26. The van der Waals surface area contributed by atoms with Gasteiger partial charge in [-0.15, -0.1) is 0 Å². The molecule has 1 amide bonds. The highest BCUT2D eigenvalue weighted by atomic mass is 16.5. The van der Waals surface area contributed by atoms with Gasteiger partial charge in [-0.1, -0.05) is 6.92 Å². The van der Waals surface area contributed by atoms with Crippen molar-refractivity contribution in [1.82, 2.24) is 0 Å². The standard InChI is InChI=1S/C19H27NO5/c1-5-13(2)25-16-9-8-14(12-15(16)17(21)23-3)20-18(22)19(24-4)10-6-7-11-19/h8-9,12-13H,5-7,10-11H2,1-4H3,(H,20,22)/t13-/m1/s1. The van der Waals surface area contributed by atoms with Gasteiger partial charge in [-0.05, 0) is 57.2 Å². The van der Waals surface area contributed by atoms with E-state index in [0.717, 1.165) is 19.3 Å². The first-order valence-electron chi connectivity index (χ1n) is 8.71. The lowest BCUT2D eigenvalue weighted by atomic mass is 10.0. The van der Waals surface area contributed by atoms with Crippen LogP contribution in [0.2, 0.25) is 0 Å². The highest BCUT2D eigenvalue weighted by Crippen LogP contribution is 2.34. The predicted octanol–water partition coefficient (Wildman–Crippen LogP) is 3.55. The molecule has 25 heavy (non-hydrogen) atoms. The van der Waals surface area contributed by atoms with Crippen LogP contribution in [0.5, 0.6) is 5.75 Å². The van der Waals surface area contributed by atoms with Gasteiger partial charge >= 0.3 is 5.97 Å². The Bertz CT molecular complexity index is 622. The maximum atomic E-state index is 12.6. The van der Waals surface area contributed by atoms with E-state index < -0.39 is 11.6 Å². The van der Waals surface area contributed by atoms with Gasteiger partial charge in [0, 0.05) is 12.8 Å². The van der Waals surface area contributed by atoms with Gasteiger partial charge < -0.3 is 19.5 Å². The van der Waals surface area contributed by atoms with Crippen molar-refractivity contribution in [1.29, 1.82) is 0 Å². The Labute approximate surface area is 148 Å². The summed E-state index contributed by atoms with van der Waals surface area (Å²) in [6.45, 7) is 3.93. The molecule has 1 atom stereocenters. The Kier molecular flexibility index (Phi) is 6.42. The molecular formula is C19H27NO5. The molecule has 0 spiro atoms. The second kappa shape index (κ2) is 8.34. The van der Waals surface area contributed by atoms with Gasteiger partial charge in [-0.3, -0.25) is 4.79 Å². The Morgan fingerprint density at radius 1 is 1.24 bits per heavy atom. The topological polar surface area (TPSA) is 73.9 Å². The Morgan fingerprint density at radius 2 is 1.92 bits per heavy atom. The fourth-order valence-corrected chi connectivity index (χ4v) is 3.00. The summed E-state index contributed by atoms with van der Waals surface area (Å²) < 4.78 is 16.1. The van der Waals surface area contributed by atoms with E-state index in [-0.39, 0.29) is 12.0 Å². The number of carbonyl (C=O) groups is 2. The number of rotatable bonds is 7. The summed E-state index contributed by atoms with van der Waals surface area (Å²) in [5.41, 5.74) is 0.0286. The Hall–Kier alpha value is -2.08. The van der Waals surface area contributed by atoms with Gasteiger partial charge in [0.2, 0.25) is 0 Å². The van der Waals surface area contributed by atoms with E-state index in [1.165, 1.54) is 7.11 Å². The summed E-state index contributed by atoms with van der Waals surface area (Å²) in [5, 5.41) is 2.86. The van der Waals surface area contributed by atoms with E-state index in [1.54, 1.807) is 25.3 Å². The second-order valence-corrected chi connectivity index (χ2v) is 6.40. The minimum absolute atomic E-state index is 0.0286. The molecule has 0 bridgehead atoms. The summed E-state index contributed by atoms with van der Waals surface area (Å²) >= 11 is 0. The fraction of sp³-hybridized carbons (Fsp3) is 0.579. The van der Waals surface area contributed by atoms with Crippen LogP contribution in [0.25, 0.3) is 0 Å². The van der Waals surface area contributed by atoms with Gasteiger partial charge in [0.15, 0.2) is 0 Å². The molecule has 1 aromatic carbocycles. The van der Waals surface area contributed by atoms with Crippen LogP contribution in [0.4, 0.5) is 5.69 Å². The highest BCUT2D eigenvalue weighted by molar-refractivity contribution is 5.99. The van der Waals surface area contributed by atoms with Crippen LogP contribution in [0.15, 0.2) is 18.2 Å². The van der Waals surface area contributed by atoms with Crippen molar-refractivity contribution in [3.8, 4) is 5.75 Å². The van der Waals surface area contributed by atoms with E-state index in [9.17, 15) is 9.59 Å². The Morgan fingerprint density at radius 3 is 2.48 bits per heavy atom. The number of benzene rings is 1. The molecule has 0 saturated heterocycles. The first-order chi connectivity index (χ1) is 12.0. The van der Waals surface area contributed by atoms with Crippen LogP contribution >= 0.6 is 0 Å². The van der Waals surface area contributed by atoms with Crippen LogP contribution < -0.4 is 10.1 Å². The average molecular weight is 349 g/mol. The molecule has 0 unspecified atom stereocenters. The molecule has 0 radical (unpaired) electrons. The molecule has 1 fully saturated rings. The van der Waals surface area contributed by atoms with Gasteiger partial charge in [-0.25, -0.2) is 4.79 Å². The number of hydrogen-bond acceptors (Lipinski definition) is 5. The number of carbonyl (C=O) groups excluding carboxylic acids is 2. The van der Waals surface area contributed by atoms with E-state index in [1.807, 2.05) is 13.8 Å². The molecule has 6 heteroatoms. The summed E-state index contributed by atoms with van der Waals surface area (Å²) in [7, 11) is 2.88. The highest BCUT2D eigenvalue weighted by Gasteiger charge is 2.41. The minimum atomic E-state index is -0.780. The molecular weight excluding hydrogens is 322 g/mol. The van der Waals surface area contributed by atoms with Gasteiger partial charge in [0.1, 0.15) is 16.9 Å². The van der Waals surface area contributed by atoms with Crippen molar-refractivity contribution in [3.05, 3.63) is 23.8 Å². The van der Waals surface area contributed by atoms with Crippen LogP contribution in [-0.2, 0) is 14.3 Å². The van der Waals surface area contributed by atoms with Crippen LogP contribution in [0, 0.1) is 0 Å². The Balaban J connectivity index is 2.24. The van der Waals surface area contributed by atoms with Crippen molar-refractivity contribution in [2.45, 2.75) is 57.7 Å². The quantitative estimate of drug-likeness (QED) is 0.762. The minimum Gasteiger partial charge on any atom is -0.490 e. The fourth-order valence-electron chi connectivity index (χ4n) is 3.00. The molecule has 0 aromatic heterocycles. The number of hydrogen-bond donors (Lipinski definition) is 1. The van der Waals surface area contributed by atoms with E-state index in [2.05, 4.69) is 5.32 Å². The third-order valence-electron chi connectivity index (χ3n) is 4.76. The number of esters is 1. The van der Waals surface area contributed by atoms with Crippen molar-refractivity contribution in [3.63, 3.8) is 0 Å². The van der Waals surface area contributed by atoms with E-state index in [0.29, 0.717) is 29.8 Å². The normalized spacial score (nSPS) is 17.0. The first-order valence-corrected chi connectivity index (χ1v) is 8.71. The first kappa shape index (κ1) is 19.2.